The quantitative estimate of drug-likeness (QED) is 0.496. The molecule has 1 saturated carbocycles. The first kappa shape index (κ1) is 23.1. The lowest BCUT2D eigenvalue weighted by Crippen LogP contribution is -2.57. The fraction of sp³-hybridized carbons (Fsp3) is 0.273. The maximum atomic E-state index is 15.2. The van der Waals surface area contributed by atoms with Crippen molar-refractivity contribution in [1.82, 2.24) is 14.6 Å². The summed E-state index contributed by atoms with van der Waals surface area (Å²) in [4.78, 5) is 18.3. The highest BCUT2D eigenvalue weighted by Crippen LogP contribution is 2.53. The van der Waals surface area contributed by atoms with E-state index in [4.69, 9.17) is 13.9 Å². The van der Waals surface area contributed by atoms with Crippen molar-refractivity contribution in [2.45, 2.75) is 31.3 Å². The summed E-state index contributed by atoms with van der Waals surface area (Å²) in [6, 6.07) is 6.62. The Bertz CT molecular complexity index is 1390. The van der Waals surface area contributed by atoms with Crippen LogP contribution in [0.5, 0.6) is 17.6 Å². The van der Waals surface area contributed by atoms with Crippen LogP contribution in [0.1, 0.15) is 30.4 Å². The lowest BCUT2D eigenvalue weighted by molar-refractivity contribution is 0.00107. The zero-order valence-electron chi connectivity index (χ0n) is 18.4. The van der Waals surface area contributed by atoms with E-state index in [-0.39, 0.29) is 23.9 Å². The molecular formula is C22H20F2N4O6S. The van der Waals surface area contributed by atoms with Crippen molar-refractivity contribution in [3.63, 3.8) is 0 Å². The van der Waals surface area contributed by atoms with Crippen LogP contribution in [0.25, 0.3) is 0 Å². The van der Waals surface area contributed by atoms with Gasteiger partial charge in [0.2, 0.25) is 0 Å². The molecule has 1 spiro atoms. The number of hydrogen-bond donors (Lipinski definition) is 2. The molecule has 0 atom stereocenters. The number of hydrogen-bond acceptors (Lipinski definition) is 7. The van der Waals surface area contributed by atoms with E-state index in [0.29, 0.717) is 24.2 Å². The van der Waals surface area contributed by atoms with E-state index < -0.39 is 39.2 Å². The van der Waals surface area contributed by atoms with Crippen molar-refractivity contribution in [1.29, 1.82) is 0 Å². The molecule has 1 fully saturated rings. The molecule has 184 valence electrons. The second-order valence-corrected chi connectivity index (χ2v) is 9.75. The fourth-order valence-corrected chi connectivity index (χ4v) is 4.87. The van der Waals surface area contributed by atoms with Crippen molar-refractivity contribution in [3.05, 3.63) is 65.6 Å². The number of rotatable bonds is 7. The van der Waals surface area contributed by atoms with Crippen LogP contribution in [0, 0.1) is 11.6 Å². The summed E-state index contributed by atoms with van der Waals surface area (Å²) in [6.45, 7) is -0.329. The van der Waals surface area contributed by atoms with E-state index in [0.717, 1.165) is 25.6 Å². The number of carbonyl (C=O) groups excluding carboxylic acids is 1. The lowest BCUT2D eigenvalue weighted by Gasteiger charge is -2.52. The molecule has 3 aromatic rings. The van der Waals surface area contributed by atoms with Crippen LogP contribution in [0.15, 0.2) is 47.2 Å². The average molecular weight is 506 g/mol. The van der Waals surface area contributed by atoms with Gasteiger partial charge in [-0.25, -0.2) is 18.3 Å². The van der Waals surface area contributed by atoms with Crippen LogP contribution in [0.4, 0.5) is 19.3 Å². The third kappa shape index (κ3) is 4.17. The Balaban J connectivity index is 1.47. The molecule has 0 saturated heterocycles. The van der Waals surface area contributed by atoms with Gasteiger partial charge in [-0.05, 0) is 37.5 Å². The lowest BCUT2D eigenvalue weighted by atomic mass is 9.69. The van der Waals surface area contributed by atoms with Gasteiger partial charge in [0.15, 0.2) is 5.82 Å². The molecule has 2 aliphatic rings. The predicted molar refractivity (Wildman–Crippen MR) is 118 cm³/mol. The number of nitrogens with zero attached hydrogens (tertiary/aromatic N) is 2. The average Bonchev–Trinajstić information content (AvgIpc) is 3.29. The number of benzene rings is 2. The minimum Gasteiger partial charge on any atom is -0.417 e. The molecule has 1 aliphatic carbocycles. The molecule has 1 aliphatic heterocycles. The molecule has 2 aromatic carbocycles. The normalized spacial score (nSPS) is 16.4. The molecule has 10 nitrogen and oxygen atoms in total. The zero-order chi connectivity index (χ0) is 24.8. The number of anilines is 1. The first-order valence-electron chi connectivity index (χ1n) is 10.6. The highest BCUT2D eigenvalue weighted by molar-refractivity contribution is 7.90. The van der Waals surface area contributed by atoms with Crippen molar-refractivity contribution in [2.24, 2.45) is 0 Å². The van der Waals surface area contributed by atoms with Crippen molar-refractivity contribution in [2.75, 3.05) is 11.8 Å². The number of aromatic nitrogens is 1. The van der Waals surface area contributed by atoms with Gasteiger partial charge in [-0.3, -0.25) is 9.62 Å². The Labute approximate surface area is 199 Å². The molecule has 0 unspecified atom stereocenters. The number of nitrogens with one attached hydrogen (secondary N) is 2. The van der Waals surface area contributed by atoms with Gasteiger partial charge in [-0.1, -0.05) is 0 Å². The number of amides is 1. The Kier molecular flexibility index (Phi) is 5.60. The molecule has 13 heteroatoms. The van der Waals surface area contributed by atoms with Crippen LogP contribution in [-0.4, -0.2) is 31.4 Å². The van der Waals surface area contributed by atoms with E-state index in [9.17, 15) is 17.6 Å². The van der Waals surface area contributed by atoms with Crippen molar-refractivity contribution in [3.8, 4) is 17.6 Å². The highest BCUT2D eigenvalue weighted by Gasteiger charge is 2.52. The number of halogens is 2. The summed E-state index contributed by atoms with van der Waals surface area (Å²) >= 11 is 0. The van der Waals surface area contributed by atoms with E-state index in [1.54, 1.807) is 18.2 Å². The van der Waals surface area contributed by atoms with Crippen LogP contribution in [0.2, 0.25) is 0 Å². The summed E-state index contributed by atoms with van der Waals surface area (Å²) in [5.74, 6) is -1.22. The molecule has 35 heavy (non-hydrogen) atoms. The monoisotopic (exact) mass is 506 g/mol. The molecule has 2 heterocycles. The van der Waals surface area contributed by atoms with Gasteiger partial charge < -0.3 is 13.9 Å². The Morgan fingerprint density at radius 3 is 2.69 bits per heavy atom. The molecule has 5 rings (SSSR count). The Morgan fingerprint density at radius 1 is 1.23 bits per heavy atom. The SMILES string of the molecule is CNS(=O)(=O)Nc1cc(F)cc(CN2C(=O)Oc3cc(Oc4ncco4)ccc3C23CCC3)c1F. The first-order chi connectivity index (χ1) is 16.7. The molecule has 0 radical (unpaired) electrons. The molecule has 0 bridgehead atoms. The second kappa shape index (κ2) is 8.50. The molecule has 1 aromatic heterocycles. The maximum Gasteiger partial charge on any atom is 0.416 e. The summed E-state index contributed by atoms with van der Waals surface area (Å²) in [5.41, 5.74) is -0.850. The summed E-state index contributed by atoms with van der Waals surface area (Å²) < 4.78 is 73.1. The molecular weight excluding hydrogens is 486 g/mol. The number of oxazole rings is 1. The van der Waals surface area contributed by atoms with Crippen LogP contribution >= 0.6 is 0 Å². The van der Waals surface area contributed by atoms with Gasteiger partial charge in [0, 0.05) is 30.3 Å². The van der Waals surface area contributed by atoms with E-state index in [1.165, 1.54) is 17.4 Å². The maximum absolute atomic E-state index is 15.2. The largest absolute Gasteiger partial charge is 0.417 e. The minimum absolute atomic E-state index is 0.0263. The number of carbonyl (C=O) groups is 1. The smallest absolute Gasteiger partial charge is 0.416 e. The van der Waals surface area contributed by atoms with Crippen LogP contribution < -0.4 is 18.9 Å². The van der Waals surface area contributed by atoms with Gasteiger partial charge in [-0.2, -0.15) is 13.4 Å². The predicted octanol–water partition coefficient (Wildman–Crippen LogP) is 4.02. The van der Waals surface area contributed by atoms with Gasteiger partial charge in [-0.15, -0.1) is 0 Å². The third-order valence-electron chi connectivity index (χ3n) is 6.14. The van der Waals surface area contributed by atoms with Crippen molar-refractivity contribution < 1.29 is 35.9 Å². The topological polar surface area (TPSA) is 123 Å². The fourth-order valence-electron chi connectivity index (χ4n) is 4.33. The summed E-state index contributed by atoms with van der Waals surface area (Å²) in [5, 5.41) is 0. The van der Waals surface area contributed by atoms with Gasteiger partial charge in [0.25, 0.3) is 10.2 Å². The van der Waals surface area contributed by atoms with Crippen molar-refractivity contribution >= 4 is 22.0 Å². The number of fused-ring (bicyclic) bond motifs is 2. The Morgan fingerprint density at radius 2 is 2.03 bits per heavy atom. The van der Waals surface area contributed by atoms with Crippen LogP contribution in [0.3, 0.4) is 0 Å². The Hall–Kier alpha value is -3.71. The second-order valence-electron chi connectivity index (χ2n) is 8.13. The highest BCUT2D eigenvalue weighted by atomic mass is 32.2. The standard InChI is InChI=1S/C22H20F2N4O6S/c1-25-35(30,31)27-17-10-14(23)9-13(19(17)24)12-28-21(29)34-18-11-15(33-20-26-7-8-32-20)3-4-16(18)22(28)5-2-6-22/h3-4,7-11,25,27H,2,5-6,12H2,1H3. The van der Waals surface area contributed by atoms with Crippen LogP contribution in [-0.2, 0) is 22.3 Å². The molecule has 2 N–H and O–H groups in total. The van der Waals surface area contributed by atoms with Gasteiger partial charge in [0.1, 0.15) is 23.6 Å². The van der Waals surface area contributed by atoms with E-state index in [1.807, 2.05) is 9.44 Å². The molecule has 1 amide bonds. The first-order valence-corrected chi connectivity index (χ1v) is 12.1. The van der Waals surface area contributed by atoms with E-state index in [2.05, 4.69) is 4.98 Å². The van der Waals surface area contributed by atoms with E-state index >= 15 is 4.39 Å². The number of ether oxygens (including phenoxy) is 2. The summed E-state index contributed by atoms with van der Waals surface area (Å²) in [7, 11) is -2.96. The van der Waals surface area contributed by atoms with Gasteiger partial charge >= 0.3 is 12.2 Å². The minimum atomic E-state index is -4.09. The summed E-state index contributed by atoms with van der Waals surface area (Å²) in [6.07, 6.45) is 4.06. The zero-order valence-corrected chi connectivity index (χ0v) is 19.2. The third-order valence-corrected chi connectivity index (χ3v) is 7.16. The van der Waals surface area contributed by atoms with Gasteiger partial charge in [0.05, 0.1) is 24.0 Å².